The number of pyridine rings is 1. The molecule has 0 aliphatic heterocycles. The van der Waals surface area contributed by atoms with E-state index in [1.807, 2.05) is 0 Å². The summed E-state index contributed by atoms with van der Waals surface area (Å²) in [5, 5.41) is 13.4. The summed E-state index contributed by atoms with van der Waals surface area (Å²) in [5.41, 5.74) is -0.0974. The van der Waals surface area contributed by atoms with Crippen LogP contribution in [-0.2, 0) is 17.9 Å². The van der Waals surface area contributed by atoms with E-state index in [0.717, 1.165) is 22.9 Å². The molecule has 0 aliphatic carbocycles. The van der Waals surface area contributed by atoms with Crippen molar-refractivity contribution in [1.29, 1.82) is 0 Å². The maximum Gasteiger partial charge on any atom is 0.285 e. The number of hydrogen-bond acceptors (Lipinski definition) is 7. The molecule has 1 N–H and O–H groups in total. The minimum atomic E-state index is -0.635. The molecule has 0 spiro atoms. The van der Waals surface area contributed by atoms with Crippen LogP contribution in [0.25, 0.3) is 0 Å². The van der Waals surface area contributed by atoms with Crippen LogP contribution in [0.1, 0.15) is 5.56 Å². The Morgan fingerprint density at radius 1 is 1.15 bits per heavy atom. The molecule has 0 saturated carbocycles. The molecular weight excluding hydrogens is 358 g/mol. The lowest BCUT2D eigenvalue weighted by molar-refractivity contribution is -0.385. The molecular formula is C17H19N3O7. The molecule has 144 valence electrons. The molecule has 1 heterocycles. The Balaban J connectivity index is 2.11. The first kappa shape index (κ1) is 19.8. The number of rotatable bonds is 8. The van der Waals surface area contributed by atoms with E-state index in [1.165, 1.54) is 21.3 Å². The van der Waals surface area contributed by atoms with Crippen LogP contribution in [0.15, 0.2) is 35.3 Å². The molecule has 2 rings (SSSR count). The van der Waals surface area contributed by atoms with Gasteiger partial charge >= 0.3 is 0 Å². The first-order chi connectivity index (χ1) is 12.9. The van der Waals surface area contributed by atoms with Crippen molar-refractivity contribution in [3.05, 3.63) is 56.5 Å². The van der Waals surface area contributed by atoms with Crippen LogP contribution in [0.3, 0.4) is 0 Å². The van der Waals surface area contributed by atoms with Crippen molar-refractivity contribution in [3.63, 3.8) is 0 Å². The molecule has 2 aromatic rings. The number of methoxy groups -OCH3 is 3. The number of nitro groups is 1. The van der Waals surface area contributed by atoms with E-state index in [1.54, 1.807) is 12.1 Å². The average Bonchev–Trinajstić information content (AvgIpc) is 2.66. The van der Waals surface area contributed by atoms with Crippen LogP contribution in [0.5, 0.6) is 17.2 Å². The minimum Gasteiger partial charge on any atom is -0.493 e. The third kappa shape index (κ3) is 4.75. The van der Waals surface area contributed by atoms with Gasteiger partial charge in [-0.05, 0) is 17.7 Å². The number of aromatic nitrogens is 1. The molecule has 1 aromatic heterocycles. The van der Waals surface area contributed by atoms with E-state index in [-0.39, 0.29) is 18.8 Å². The fourth-order valence-electron chi connectivity index (χ4n) is 2.40. The number of benzene rings is 1. The number of hydrogen-bond donors (Lipinski definition) is 1. The van der Waals surface area contributed by atoms with Gasteiger partial charge in [-0.25, -0.2) is 0 Å². The number of carbonyl (C=O) groups excluding carboxylic acids is 1. The summed E-state index contributed by atoms with van der Waals surface area (Å²) in [4.78, 5) is 34.0. The van der Waals surface area contributed by atoms with Crippen molar-refractivity contribution >= 4 is 11.6 Å². The zero-order chi connectivity index (χ0) is 20.0. The zero-order valence-corrected chi connectivity index (χ0v) is 15.1. The SMILES string of the molecule is COc1cc(CNC(=O)Cn2cc([N+](=O)[O-])ccc2=O)cc(OC)c1OC. The molecule has 0 unspecified atom stereocenters. The second-order valence-corrected chi connectivity index (χ2v) is 5.42. The van der Waals surface area contributed by atoms with E-state index in [0.29, 0.717) is 22.8 Å². The Kier molecular flexibility index (Phi) is 6.36. The fourth-order valence-corrected chi connectivity index (χ4v) is 2.40. The summed E-state index contributed by atoms with van der Waals surface area (Å²) in [6.45, 7) is -0.204. The Morgan fingerprint density at radius 3 is 2.30 bits per heavy atom. The highest BCUT2D eigenvalue weighted by molar-refractivity contribution is 5.75. The maximum atomic E-state index is 12.1. The van der Waals surface area contributed by atoms with Crippen molar-refractivity contribution in [2.45, 2.75) is 13.1 Å². The van der Waals surface area contributed by atoms with Gasteiger partial charge < -0.3 is 19.5 Å². The van der Waals surface area contributed by atoms with Crippen LogP contribution in [0.2, 0.25) is 0 Å². The maximum absolute atomic E-state index is 12.1. The average molecular weight is 377 g/mol. The van der Waals surface area contributed by atoms with Crippen molar-refractivity contribution in [2.75, 3.05) is 21.3 Å². The second-order valence-electron chi connectivity index (χ2n) is 5.42. The number of nitrogens with one attached hydrogen (secondary N) is 1. The van der Waals surface area contributed by atoms with Crippen LogP contribution >= 0.6 is 0 Å². The predicted molar refractivity (Wildman–Crippen MR) is 95.3 cm³/mol. The third-order valence-electron chi connectivity index (χ3n) is 3.71. The first-order valence-electron chi connectivity index (χ1n) is 7.80. The normalized spacial score (nSPS) is 10.2. The number of ether oxygens (including phenoxy) is 3. The van der Waals surface area contributed by atoms with E-state index < -0.39 is 16.4 Å². The summed E-state index contributed by atoms with van der Waals surface area (Å²) >= 11 is 0. The van der Waals surface area contributed by atoms with E-state index in [9.17, 15) is 19.7 Å². The summed E-state index contributed by atoms with van der Waals surface area (Å²) < 4.78 is 16.7. The Labute approximate surface area is 154 Å². The number of carbonyl (C=O) groups is 1. The van der Waals surface area contributed by atoms with Crippen molar-refractivity contribution in [2.24, 2.45) is 0 Å². The summed E-state index contributed by atoms with van der Waals surface area (Å²) in [5.74, 6) is 0.830. The molecule has 10 heteroatoms. The summed E-state index contributed by atoms with van der Waals surface area (Å²) in [7, 11) is 4.45. The first-order valence-corrected chi connectivity index (χ1v) is 7.80. The van der Waals surface area contributed by atoms with Gasteiger partial charge in [-0.3, -0.25) is 24.3 Å². The summed E-state index contributed by atoms with van der Waals surface area (Å²) in [6, 6.07) is 5.50. The van der Waals surface area contributed by atoms with Gasteiger partial charge in [0.05, 0.1) is 32.4 Å². The lowest BCUT2D eigenvalue weighted by atomic mass is 10.1. The van der Waals surface area contributed by atoms with Crippen molar-refractivity contribution in [1.82, 2.24) is 9.88 Å². The van der Waals surface area contributed by atoms with Crippen molar-refractivity contribution < 1.29 is 23.9 Å². The number of amides is 1. The molecule has 1 aromatic carbocycles. The Morgan fingerprint density at radius 2 is 1.78 bits per heavy atom. The van der Waals surface area contributed by atoms with Gasteiger partial charge in [-0.2, -0.15) is 0 Å². The summed E-state index contributed by atoms with van der Waals surface area (Å²) in [6.07, 6.45) is 1.03. The van der Waals surface area contributed by atoms with Crippen LogP contribution in [0, 0.1) is 10.1 Å². The van der Waals surface area contributed by atoms with E-state index >= 15 is 0 Å². The monoisotopic (exact) mass is 377 g/mol. The van der Waals surface area contributed by atoms with Crippen LogP contribution in [-0.4, -0.2) is 36.7 Å². The molecule has 1 amide bonds. The van der Waals surface area contributed by atoms with Gasteiger partial charge in [0.25, 0.3) is 11.2 Å². The topological polar surface area (TPSA) is 122 Å². The third-order valence-corrected chi connectivity index (χ3v) is 3.71. The van der Waals surface area contributed by atoms with E-state index in [2.05, 4.69) is 5.32 Å². The Hall–Kier alpha value is -3.56. The molecule has 27 heavy (non-hydrogen) atoms. The molecule has 0 aliphatic rings. The predicted octanol–water partition coefficient (Wildman–Crippen LogP) is 1.10. The molecule has 0 saturated heterocycles. The lowest BCUT2D eigenvalue weighted by Crippen LogP contribution is -2.31. The fraction of sp³-hybridized carbons (Fsp3) is 0.294. The van der Waals surface area contributed by atoms with Gasteiger partial charge in [-0.1, -0.05) is 0 Å². The second kappa shape index (κ2) is 8.70. The van der Waals surface area contributed by atoms with Gasteiger partial charge in [0, 0.05) is 18.7 Å². The van der Waals surface area contributed by atoms with Gasteiger partial charge in [0.2, 0.25) is 11.7 Å². The van der Waals surface area contributed by atoms with Gasteiger partial charge in [0.15, 0.2) is 11.5 Å². The van der Waals surface area contributed by atoms with Gasteiger partial charge in [0.1, 0.15) is 6.54 Å². The highest BCUT2D eigenvalue weighted by Crippen LogP contribution is 2.38. The number of nitrogens with zero attached hydrogens (tertiary/aromatic N) is 2. The van der Waals surface area contributed by atoms with E-state index in [4.69, 9.17) is 14.2 Å². The zero-order valence-electron chi connectivity index (χ0n) is 15.1. The molecule has 0 fully saturated rings. The lowest BCUT2D eigenvalue weighted by Gasteiger charge is -2.14. The molecule has 0 atom stereocenters. The van der Waals surface area contributed by atoms with Crippen LogP contribution < -0.4 is 25.1 Å². The smallest absolute Gasteiger partial charge is 0.285 e. The molecule has 10 nitrogen and oxygen atoms in total. The Bertz CT molecular complexity index is 883. The van der Waals surface area contributed by atoms with Crippen molar-refractivity contribution in [3.8, 4) is 17.2 Å². The largest absolute Gasteiger partial charge is 0.493 e. The highest BCUT2D eigenvalue weighted by Gasteiger charge is 2.14. The molecule has 0 bridgehead atoms. The quantitative estimate of drug-likeness (QED) is 0.540. The molecule has 0 radical (unpaired) electrons. The standard InChI is InChI=1S/C17H19N3O7/c1-25-13-6-11(7-14(26-2)17(13)27-3)8-18-15(21)10-19-9-12(20(23)24)4-5-16(19)22/h4-7,9H,8,10H2,1-3H3,(H,18,21). The highest BCUT2D eigenvalue weighted by atomic mass is 16.6. The van der Waals surface area contributed by atoms with Gasteiger partial charge in [-0.15, -0.1) is 0 Å². The minimum absolute atomic E-state index is 0.138. The van der Waals surface area contributed by atoms with Crippen LogP contribution in [0.4, 0.5) is 5.69 Å².